The molecule has 3 unspecified atom stereocenters. The van der Waals surface area contributed by atoms with Gasteiger partial charge < -0.3 is 10.1 Å². The molecule has 2 fully saturated rings. The first-order valence-electron chi connectivity index (χ1n) is 9.44. The maximum Gasteiger partial charge on any atom is 0.0702 e. The second kappa shape index (κ2) is 9.81. The summed E-state index contributed by atoms with van der Waals surface area (Å²) in [7, 11) is 0. The Hall–Kier alpha value is -0.120. The largest absolute Gasteiger partial charge is 0.377 e. The summed E-state index contributed by atoms with van der Waals surface area (Å²) in [4.78, 5) is 2.75. The molecule has 1 aliphatic heterocycles. The van der Waals surface area contributed by atoms with E-state index in [1.807, 2.05) is 0 Å². The summed E-state index contributed by atoms with van der Waals surface area (Å²) < 4.78 is 6.04. The molecule has 21 heavy (non-hydrogen) atoms. The minimum absolute atomic E-state index is 0.480. The van der Waals surface area contributed by atoms with Crippen molar-refractivity contribution in [3.05, 3.63) is 0 Å². The first-order valence-corrected chi connectivity index (χ1v) is 9.44. The van der Waals surface area contributed by atoms with Crippen molar-refractivity contribution in [2.75, 3.05) is 26.2 Å². The highest BCUT2D eigenvalue weighted by Gasteiger charge is 2.31. The normalized spacial score (nSPS) is 32.0. The molecule has 1 N–H and O–H groups in total. The van der Waals surface area contributed by atoms with E-state index >= 15 is 0 Å². The summed E-state index contributed by atoms with van der Waals surface area (Å²) in [6.07, 6.45) is 12.4. The number of likely N-dealkylation sites (tertiary alicyclic amines) is 1. The Morgan fingerprint density at radius 3 is 2.67 bits per heavy atom. The molecule has 0 aromatic heterocycles. The van der Waals surface area contributed by atoms with Gasteiger partial charge in [0.25, 0.3) is 0 Å². The van der Waals surface area contributed by atoms with Crippen molar-refractivity contribution in [1.29, 1.82) is 0 Å². The fourth-order valence-corrected chi connectivity index (χ4v) is 3.98. The van der Waals surface area contributed by atoms with E-state index in [2.05, 4.69) is 24.1 Å². The highest BCUT2D eigenvalue weighted by Crippen LogP contribution is 2.26. The number of hydrogen-bond acceptors (Lipinski definition) is 3. The standard InChI is InChI=1S/C18H36N2O/c1-3-12-19-17-10-6-5-7-11-18(17)20-13-8-9-16(15-20)21-14-4-2/h16-19H,3-15H2,1-2H3. The van der Waals surface area contributed by atoms with Crippen LogP contribution >= 0.6 is 0 Å². The molecule has 0 radical (unpaired) electrons. The average molecular weight is 296 g/mol. The van der Waals surface area contributed by atoms with Gasteiger partial charge in [0.05, 0.1) is 6.10 Å². The van der Waals surface area contributed by atoms with Gasteiger partial charge in [-0.3, -0.25) is 4.90 Å². The number of ether oxygens (including phenoxy) is 1. The van der Waals surface area contributed by atoms with E-state index < -0.39 is 0 Å². The van der Waals surface area contributed by atoms with Crippen molar-refractivity contribution in [2.45, 2.75) is 89.8 Å². The van der Waals surface area contributed by atoms with Gasteiger partial charge in [-0.15, -0.1) is 0 Å². The molecule has 2 aliphatic rings. The fraction of sp³-hybridized carbons (Fsp3) is 1.00. The van der Waals surface area contributed by atoms with Gasteiger partial charge in [0.1, 0.15) is 0 Å². The maximum atomic E-state index is 6.04. The molecule has 0 aromatic carbocycles. The molecule has 0 amide bonds. The molecular weight excluding hydrogens is 260 g/mol. The van der Waals surface area contributed by atoms with Crippen molar-refractivity contribution in [3.63, 3.8) is 0 Å². The molecule has 2 rings (SSSR count). The third kappa shape index (κ3) is 5.54. The average Bonchev–Trinajstić information content (AvgIpc) is 2.76. The van der Waals surface area contributed by atoms with Gasteiger partial charge in [0.2, 0.25) is 0 Å². The summed E-state index contributed by atoms with van der Waals surface area (Å²) in [5.74, 6) is 0. The second-order valence-electron chi connectivity index (χ2n) is 6.90. The van der Waals surface area contributed by atoms with E-state index in [0.717, 1.165) is 25.6 Å². The molecule has 0 aromatic rings. The van der Waals surface area contributed by atoms with Gasteiger partial charge in [-0.25, -0.2) is 0 Å². The quantitative estimate of drug-likeness (QED) is 0.727. The van der Waals surface area contributed by atoms with Crippen LogP contribution in [0.15, 0.2) is 0 Å². The predicted octanol–water partition coefficient (Wildman–Crippen LogP) is 3.58. The third-order valence-corrected chi connectivity index (χ3v) is 5.07. The lowest BCUT2D eigenvalue weighted by molar-refractivity contribution is -0.0185. The lowest BCUT2D eigenvalue weighted by Gasteiger charge is -2.41. The van der Waals surface area contributed by atoms with E-state index in [0.29, 0.717) is 12.1 Å². The lowest BCUT2D eigenvalue weighted by atomic mass is 9.97. The van der Waals surface area contributed by atoms with Crippen molar-refractivity contribution in [3.8, 4) is 0 Å². The summed E-state index contributed by atoms with van der Waals surface area (Å²) >= 11 is 0. The number of nitrogens with one attached hydrogen (secondary N) is 1. The summed E-state index contributed by atoms with van der Waals surface area (Å²) in [5.41, 5.74) is 0. The molecule has 1 heterocycles. The van der Waals surface area contributed by atoms with E-state index in [-0.39, 0.29) is 0 Å². The molecule has 0 spiro atoms. The molecule has 1 aliphatic carbocycles. The zero-order chi connectivity index (χ0) is 14.9. The Balaban J connectivity index is 1.91. The Morgan fingerprint density at radius 2 is 1.86 bits per heavy atom. The minimum Gasteiger partial charge on any atom is -0.377 e. The topological polar surface area (TPSA) is 24.5 Å². The van der Waals surface area contributed by atoms with Gasteiger partial charge in [-0.1, -0.05) is 33.1 Å². The van der Waals surface area contributed by atoms with Gasteiger partial charge in [0, 0.05) is 25.2 Å². The van der Waals surface area contributed by atoms with Crippen LogP contribution < -0.4 is 5.32 Å². The van der Waals surface area contributed by atoms with E-state index in [9.17, 15) is 0 Å². The summed E-state index contributed by atoms with van der Waals surface area (Å²) in [6, 6.07) is 1.45. The number of hydrogen-bond donors (Lipinski definition) is 1. The van der Waals surface area contributed by atoms with Gasteiger partial charge >= 0.3 is 0 Å². The highest BCUT2D eigenvalue weighted by atomic mass is 16.5. The Kier molecular flexibility index (Phi) is 8.05. The molecule has 3 heteroatoms. The van der Waals surface area contributed by atoms with Crippen molar-refractivity contribution in [1.82, 2.24) is 10.2 Å². The summed E-state index contributed by atoms with van der Waals surface area (Å²) in [5, 5.41) is 3.83. The zero-order valence-corrected chi connectivity index (χ0v) is 14.3. The number of piperidine rings is 1. The first kappa shape index (κ1) is 17.2. The van der Waals surface area contributed by atoms with Crippen LogP contribution in [0.4, 0.5) is 0 Å². The molecule has 0 bridgehead atoms. The molecule has 1 saturated carbocycles. The smallest absolute Gasteiger partial charge is 0.0702 e. The van der Waals surface area contributed by atoms with Crippen LogP contribution in [-0.4, -0.2) is 49.3 Å². The van der Waals surface area contributed by atoms with Gasteiger partial charge in [-0.2, -0.15) is 0 Å². The Labute approximate surface area is 131 Å². The van der Waals surface area contributed by atoms with Crippen molar-refractivity contribution in [2.24, 2.45) is 0 Å². The number of rotatable bonds is 7. The monoisotopic (exact) mass is 296 g/mol. The molecule has 3 nitrogen and oxygen atoms in total. The van der Waals surface area contributed by atoms with Crippen LogP contribution in [0.25, 0.3) is 0 Å². The van der Waals surface area contributed by atoms with Crippen LogP contribution in [0.3, 0.4) is 0 Å². The summed E-state index contributed by atoms with van der Waals surface area (Å²) in [6.45, 7) is 9.02. The van der Waals surface area contributed by atoms with Crippen LogP contribution in [0.5, 0.6) is 0 Å². The Bertz CT molecular complexity index is 272. The number of nitrogens with zero attached hydrogens (tertiary/aromatic N) is 1. The van der Waals surface area contributed by atoms with Crippen molar-refractivity contribution < 1.29 is 4.74 Å². The first-order chi connectivity index (χ1) is 10.3. The predicted molar refractivity (Wildman–Crippen MR) is 89.8 cm³/mol. The van der Waals surface area contributed by atoms with Crippen LogP contribution in [0.1, 0.15) is 71.6 Å². The minimum atomic E-state index is 0.480. The molecule has 3 atom stereocenters. The van der Waals surface area contributed by atoms with Crippen LogP contribution in [-0.2, 0) is 4.74 Å². The second-order valence-corrected chi connectivity index (χ2v) is 6.90. The maximum absolute atomic E-state index is 6.04. The van der Waals surface area contributed by atoms with E-state index in [1.165, 1.54) is 64.5 Å². The van der Waals surface area contributed by atoms with Gasteiger partial charge in [-0.05, 0) is 51.6 Å². The fourth-order valence-electron chi connectivity index (χ4n) is 3.98. The van der Waals surface area contributed by atoms with Crippen molar-refractivity contribution >= 4 is 0 Å². The highest BCUT2D eigenvalue weighted by molar-refractivity contribution is 4.89. The van der Waals surface area contributed by atoms with Crippen LogP contribution in [0.2, 0.25) is 0 Å². The third-order valence-electron chi connectivity index (χ3n) is 5.07. The molecule has 124 valence electrons. The van der Waals surface area contributed by atoms with Gasteiger partial charge in [0.15, 0.2) is 0 Å². The Morgan fingerprint density at radius 1 is 1.00 bits per heavy atom. The van der Waals surface area contributed by atoms with E-state index in [1.54, 1.807) is 0 Å². The molecule has 1 saturated heterocycles. The van der Waals surface area contributed by atoms with Crippen LogP contribution in [0, 0.1) is 0 Å². The van der Waals surface area contributed by atoms with E-state index in [4.69, 9.17) is 4.74 Å². The lowest BCUT2D eigenvalue weighted by Crippen LogP contribution is -2.54. The molecular formula is C18H36N2O. The zero-order valence-electron chi connectivity index (χ0n) is 14.3. The SMILES string of the molecule is CCCNC1CCCCCC1N1CCCC(OCCC)C1.